The molecule has 0 unspecified atom stereocenters. The molecule has 1 rings (SSSR count). The summed E-state index contributed by atoms with van der Waals surface area (Å²) >= 11 is 0. The van der Waals surface area contributed by atoms with Crippen molar-refractivity contribution in [2.75, 3.05) is 13.6 Å². The van der Waals surface area contributed by atoms with Crippen molar-refractivity contribution in [3.05, 3.63) is 0 Å². The summed E-state index contributed by atoms with van der Waals surface area (Å²) in [5.74, 6) is 1.08. The van der Waals surface area contributed by atoms with Gasteiger partial charge < -0.3 is 4.90 Å². The van der Waals surface area contributed by atoms with Crippen LogP contribution in [0.1, 0.15) is 26.2 Å². The minimum absolute atomic E-state index is 0.121. The molecule has 0 fully saturated rings. The Hall–Kier alpha value is -0.860. The zero-order valence-electron chi connectivity index (χ0n) is 7.13. The normalized spacial score (nSPS) is 17.5. The van der Waals surface area contributed by atoms with E-state index < -0.39 is 0 Å². The molecule has 1 amide bonds. The second-order valence-corrected chi connectivity index (χ2v) is 2.79. The van der Waals surface area contributed by atoms with E-state index in [1.165, 1.54) is 0 Å². The minimum atomic E-state index is 0.121. The number of unbranched alkanes of at least 4 members (excludes halogenated alkanes) is 1. The van der Waals surface area contributed by atoms with Crippen molar-refractivity contribution in [3.63, 3.8) is 0 Å². The lowest BCUT2D eigenvalue weighted by Crippen LogP contribution is -2.27. The van der Waals surface area contributed by atoms with Crippen molar-refractivity contribution in [2.45, 2.75) is 26.2 Å². The molecule has 3 heteroatoms. The van der Waals surface area contributed by atoms with Gasteiger partial charge in [-0.1, -0.05) is 13.3 Å². The highest BCUT2D eigenvalue weighted by Crippen LogP contribution is 2.06. The molecule has 1 aliphatic heterocycles. The van der Waals surface area contributed by atoms with Gasteiger partial charge in [-0.15, -0.1) is 0 Å². The average molecular weight is 154 g/mol. The third kappa shape index (κ3) is 1.79. The van der Waals surface area contributed by atoms with Crippen LogP contribution in [0.15, 0.2) is 4.99 Å². The van der Waals surface area contributed by atoms with Crippen molar-refractivity contribution in [1.82, 2.24) is 4.90 Å². The molecule has 1 aliphatic rings. The Morgan fingerprint density at radius 2 is 2.36 bits per heavy atom. The van der Waals surface area contributed by atoms with Crippen LogP contribution in [0.25, 0.3) is 0 Å². The van der Waals surface area contributed by atoms with Gasteiger partial charge in [-0.25, -0.2) is 0 Å². The summed E-state index contributed by atoms with van der Waals surface area (Å²) < 4.78 is 0. The maximum absolute atomic E-state index is 11.0. The first kappa shape index (κ1) is 8.24. The summed E-state index contributed by atoms with van der Waals surface area (Å²) in [5, 5.41) is 0. The smallest absolute Gasteiger partial charge is 0.249 e. The first-order chi connectivity index (χ1) is 5.25. The third-order valence-corrected chi connectivity index (χ3v) is 1.91. The Balaban J connectivity index is 2.41. The lowest BCUT2D eigenvalue weighted by atomic mass is 10.2. The topological polar surface area (TPSA) is 32.7 Å². The first-order valence-corrected chi connectivity index (χ1v) is 4.05. The molecule has 0 saturated heterocycles. The number of hydrogen-bond acceptors (Lipinski definition) is 2. The molecule has 0 N–H and O–H groups in total. The van der Waals surface area contributed by atoms with Crippen LogP contribution in [0.2, 0.25) is 0 Å². The van der Waals surface area contributed by atoms with Gasteiger partial charge >= 0.3 is 0 Å². The number of carbonyl (C=O) groups excluding carboxylic acids is 1. The van der Waals surface area contributed by atoms with E-state index in [0.29, 0.717) is 6.54 Å². The van der Waals surface area contributed by atoms with Gasteiger partial charge in [0.25, 0.3) is 0 Å². The monoisotopic (exact) mass is 154 g/mol. The molecule has 1 heterocycles. The second kappa shape index (κ2) is 3.51. The fraction of sp³-hybridized carbons (Fsp3) is 0.750. The van der Waals surface area contributed by atoms with E-state index in [4.69, 9.17) is 0 Å². The van der Waals surface area contributed by atoms with E-state index >= 15 is 0 Å². The SMILES string of the molecule is CCCCC1=NCC(=O)N1C. The number of rotatable bonds is 3. The van der Waals surface area contributed by atoms with Crippen LogP contribution in [-0.4, -0.2) is 30.2 Å². The van der Waals surface area contributed by atoms with Crippen molar-refractivity contribution < 1.29 is 4.79 Å². The van der Waals surface area contributed by atoms with E-state index in [0.717, 1.165) is 25.1 Å². The van der Waals surface area contributed by atoms with Crippen LogP contribution < -0.4 is 0 Å². The van der Waals surface area contributed by atoms with E-state index in [9.17, 15) is 4.79 Å². The summed E-state index contributed by atoms with van der Waals surface area (Å²) in [7, 11) is 1.80. The van der Waals surface area contributed by atoms with Gasteiger partial charge in [0.2, 0.25) is 5.91 Å². The van der Waals surface area contributed by atoms with Crippen molar-refractivity contribution in [1.29, 1.82) is 0 Å². The summed E-state index contributed by atoms with van der Waals surface area (Å²) in [6, 6.07) is 0. The molecule has 0 atom stereocenters. The van der Waals surface area contributed by atoms with Crippen LogP contribution in [0, 0.1) is 0 Å². The minimum Gasteiger partial charge on any atom is -0.302 e. The summed E-state index contributed by atoms with van der Waals surface area (Å²) in [6.45, 7) is 2.49. The Morgan fingerprint density at radius 3 is 2.82 bits per heavy atom. The van der Waals surface area contributed by atoms with E-state index in [1.807, 2.05) is 0 Å². The Bertz CT molecular complexity index is 187. The second-order valence-electron chi connectivity index (χ2n) is 2.79. The van der Waals surface area contributed by atoms with E-state index in [1.54, 1.807) is 11.9 Å². The molecular formula is C8H14N2O. The molecule has 0 aromatic carbocycles. The highest BCUT2D eigenvalue weighted by molar-refractivity contribution is 6.03. The van der Waals surface area contributed by atoms with Gasteiger partial charge in [-0.2, -0.15) is 0 Å². The fourth-order valence-corrected chi connectivity index (χ4v) is 1.10. The summed E-state index contributed by atoms with van der Waals surface area (Å²) in [4.78, 5) is 16.7. The largest absolute Gasteiger partial charge is 0.302 e. The number of amidine groups is 1. The molecule has 0 aromatic heterocycles. The number of nitrogens with zero attached hydrogens (tertiary/aromatic N) is 2. The van der Waals surface area contributed by atoms with Gasteiger partial charge in [-0.3, -0.25) is 9.79 Å². The van der Waals surface area contributed by atoms with Crippen LogP contribution in [-0.2, 0) is 4.79 Å². The lowest BCUT2D eigenvalue weighted by molar-refractivity contribution is -0.123. The van der Waals surface area contributed by atoms with Crippen LogP contribution in [0.4, 0.5) is 0 Å². The molecule has 3 nitrogen and oxygen atoms in total. The molecular weight excluding hydrogens is 140 g/mol. The summed E-state index contributed by atoms with van der Waals surface area (Å²) in [6.07, 6.45) is 3.22. The van der Waals surface area contributed by atoms with Crippen molar-refractivity contribution in [3.8, 4) is 0 Å². The first-order valence-electron chi connectivity index (χ1n) is 4.05. The molecule has 0 bridgehead atoms. The van der Waals surface area contributed by atoms with Gasteiger partial charge in [0.15, 0.2) is 0 Å². The van der Waals surface area contributed by atoms with Crippen LogP contribution in [0.3, 0.4) is 0 Å². The maximum Gasteiger partial charge on any atom is 0.249 e. The number of amides is 1. The van der Waals surface area contributed by atoms with Gasteiger partial charge in [0, 0.05) is 13.5 Å². The summed E-state index contributed by atoms with van der Waals surface area (Å²) in [5.41, 5.74) is 0. The quantitative estimate of drug-likeness (QED) is 0.598. The standard InChI is InChI=1S/C8H14N2O/c1-3-4-5-7-9-6-8(11)10(7)2/h3-6H2,1-2H3. The Labute approximate surface area is 67.1 Å². The van der Waals surface area contributed by atoms with Crippen LogP contribution in [0.5, 0.6) is 0 Å². The zero-order chi connectivity index (χ0) is 8.27. The number of likely N-dealkylation sites (N-methyl/N-ethyl adjacent to an activating group) is 1. The van der Waals surface area contributed by atoms with E-state index in [2.05, 4.69) is 11.9 Å². The zero-order valence-corrected chi connectivity index (χ0v) is 7.13. The average Bonchev–Trinajstić information content (AvgIpc) is 2.31. The molecule has 0 radical (unpaired) electrons. The van der Waals surface area contributed by atoms with Gasteiger partial charge in [0.05, 0.1) is 0 Å². The fourth-order valence-electron chi connectivity index (χ4n) is 1.10. The Kier molecular flexibility index (Phi) is 2.63. The molecule has 0 saturated carbocycles. The van der Waals surface area contributed by atoms with Gasteiger partial charge in [-0.05, 0) is 6.42 Å². The highest BCUT2D eigenvalue weighted by atomic mass is 16.2. The highest BCUT2D eigenvalue weighted by Gasteiger charge is 2.19. The molecule has 0 spiro atoms. The number of aliphatic imine (C=N–C) groups is 1. The number of carbonyl (C=O) groups is 1. The molecule has 11 heavy (non-hydrogen) atoms. The molecule has 62 valence electrons. The van der Waals surface area contributed by atoms with Crippen molar-refractivity contribution >= 4 is 11.7 Å². The predicted octanol–water partition coefficient (Wildman–Crippen LogP) is 1.05. The molecule has 0 aliphatic carbocycles. The lowest BCUT2D eigenvalue weighted by Gasteiger charge is -2.10. The third-order valence-electron chi connectivity index (χ3n) is 1.91. The van der Waals surface area contributed by atoms with E-state index in [-0.39, 0.29) is 5.91 Å². The van der Waals surface area contributed by atoms with Gasteiger partial charge in [0.1, 0.15) is 12.4 Å². The van der Waals surface area contributed by atoms with Crippen LogP contribution >= 0.6 is 0 Å². The Morgan fingerprint density at radius 1 is 1.64 bits per heavy atom. The maximum atomic E-state index is 11.0. The molecule has 0 aromatic rings. The number of hydrogen-bond donors (Lipinski definition) is 0. The predicted molar refractivity (Wildman–Crippen MR) is 44.6 cm³/mol. The van der Waals surface area contributed by atoms with Crippen molar-refractivity contribution in [2.24, 2.45) is 4.99 Å².